The molecular weight excluding hydrogens is 285 g/mol. The first-order valence-electron chi connectivity index (χ1n) is 1.11. The summed E-state index contributed by atoms with van der Waals surface area (Å²) in [4.78, 5) is 18.2. The molecule has 6 heteroatoms. The SMILES string of the molecule is O.O=C(O)C(=O)O.[Ta]. The van der Waals surface area contributed by atoms with Crippen LogP contribution in [0.1, 0.15) is 0 Å². The molecule has 0 spiro atoms. The fourth-order valence-corrected chi connectivity index (χ4v) is 0. The molecule has 0 aliphatic rings. The Morgan fingerprint density at radius 3 is 1.12 bits per heavy atom. The second-order valence-corrected chi connectivity index (χ2v) is 0.610. The molecule has 0 amide bonds. The zero-order valence-electron chi connectivity index (χ0n) is 3.66. The molecule has 47 valence electrons. The minimum absolute atomic E-state index is 0. The van der Waals surface area contributed by atoms with Crippen molar-refractivity contribution in [2.75, 3.05) is 0 Å². The molecule has 0 aliphatic carbocycles. The number of carboxylic acid groups (broad SMARTS) is 2. The molecule has 0 aromatic carbocycles. The third-order valence-electron chi connectivity index (χ3n) is 0.183. The van der Waals surface area contributed by atoms with Crippen LogP contribution in [-0.4, -0.2) is 27.6 Å². The summed E-state index contributed by atoms with van der Waals surface area (Å²) in [6.07, 6.45) is 0. The number of hydrogen-bond acceptors (Lipinski definition) is 2. The predicted octanol–water partition coefficient (Wildman–Crippen LogP) is -1.67. The summed E-state index contributed by atoms with van der Waals surface area (Å²) in [6.45, 7) is 0. The largest absolute Gasteiger partial charge is 0.473 e. The third-order valence-corrected chi connectivity index (χ3v) is 0.183. The zero-order chi connectivity index (χ0) is 5.15. The van der Waals surface area contributed by atoms with Gasteiger partial charge in [0.05, 0.1) is 0 Å². The van der Waals surface area contributed by atoms with E-state index >= 15 is 0 Å². The van der Waals surface area contributed by atoms with Crippen LogP contribution in [0, 0.1) is 0 Å². The Kier molecular flexibility index (Phi) is 13.0. The van der Waals surface area contributed by atoms with E-state index in [9.17, 15) is 0 Å². The molecule has 0 saturated carbocycles. The normalized spacial score (nSPS) is 5.50. The van der Waals surface area contributed by atoms with E-state index in [1.807, 2.05) is 0 Å². The molecule has 0 unspecified atom stereocenters. The van der Waals surface area contributed by atoms with E-state index in [0.29, 0.717) is 0 Å². The molecule has 0 aromatic heterocycles. The minimum Gasteiger partial charge on any atom is -0.473 e. The van der Waals surface area contributed by atoms with Crippen molar-refractivity contribution in [3.05, 3.63) is 0 Å². The van der Waals surface area contributed by atoms with E-state index in [0.717, 1.165) is 0 Å². The maximum atomic E-state index is 9.10. The number of hydrogen-bond donors (Lipinski definition) is 2. The van der Waals surface area contributed by atoms with Crippen LogP contribution in [-0.2, 0) is 32.0 Å². The molecule has 0 fully saturated rings. The first-order chi connectivity index (χ1) is 2.64. The quantitative estimate of drug-likeness (QED) is 0.520. The molecule has 0 aromatic rings. The monoisotopic (exact) mass is 289 g/mol. The molecule has 1 radical (unpaired) electrons. The van der Waals surface area contributed by atoms with Crippen molar-refractivity contribution in [1.82, 2.24) is 0 Å². The average molecular weight is 289 g/mol. The fourth-order valence-electron chi connectivity index (χ4n) is 0. The van der Waals surface area contributed by atoms with Gasteiger partial charge < -0.3 is 15.7 Å². The van der Waals surface area contributed by atoms with Gasteiger partial charge in [-0.2, -0.15) is 0 Å². The van der Waals surface area contributed by atoms with Crippen molar-refractivity contribution in [3.63, 3.8) is 0 Å². The summed E-state index contributed by atoms with van der Waals surface area (Å²) in [5.41, 5.74) is 0. The Morgan fingerprint density at radius 2 is 1.12 bits per heavy atom. The molecule has 5 nitrogen and oxygen atoms in total. The van der Waals surface area contributed by atoms with E-state index in [1.165, 1.54) is 0 Å². The second kappa shape index (κ2) is 6.64. The summed E-state index contributed by atoms with van der Waals surface area (Å²) in [5.74, 6) is -3.65. The van der Waals surface area contributed by atoms with Gasteiger partial charge in [0.25, 0.3) is 0 Å². The van der Waals surface area contributed by atoms with Crippen LogP contribution in [0.5, 0.6) is 0 Å². The molecule has 0 bridgehead atoms. The number of aliphatic carboxylic acids is 2. The molecule has 8 heavy (non-hydrogen) atoms. The molecular formula is C2H4O5Ta. The average Bonchev–Trinajstić information content (AvgIpc) is 1.36. The van der Waals surface area contributed by atoms with Crippen LogP contribution in [0.3, 0.4) is 0 Å². The maximum absolute atomic E-state index is 9.10. The van der Waals surface area contributed by atoms with Gasteiger partial charge in [-0.25, -0.2) is 9.59 Å². The fraction of sp³-hybridized carbons (Fsp3) is 0. The van der Waals surface area contributed by atoms with E-state index in [1.54, 1.807) is 0 Å². The van der Waals surface area contributed by atoms with Crippen LogP contribution >= 0.6 is 0 Å². The first-order valence-corrected chi connectivity index (χ1v) is 1.11. The first kappa shape index (κ1) is 15.6. The summed E-state index contributed by atoms with van der Waals surface area (Å²) in [7, 11) is 0. The van der Waals surface area contributed by atoms with E-state index in [-0.39, 0.29) is 27.9 Å². The molecule has 4 N–H and O–H groups in total. The van der Waals surface area contributed by atoms with Gasteiger partial charge in [-0.05, 0) is 0 Å². The van der Waals surface area contributed by atoms with Crippen molar-refractivity contribution in [1.29, 1.82) is 0 Å². The van der Waals surface area contributed by atoms with Crippen molar-refractivity contribution in [2.45, 2.75) is 0 Å². The van der Waals surface area contributed by atoms with Gasteiger partial charge in [-0.15, -0.1) is 0 Å². The minimum atomic E-state index is -1.82. The van der Waals surface area contributed by atoms with Gasteiger partial charge >= 0.3 is 11.9 Å². The van der Waals surface area contributed by atoms with Gasteiger partial charge in [0, 0.05) is 22.4 Å². The van der Waals surface area contributed by atoms with Gasteiger partial charge in [0.2, 0.25) is 0 Å². The van der Waals surface area contributed by atoms with Crippen molar-refractivity contribution < 1.29 is 47.7 Å². The summed E-state index contributed by atoms with van der Waals surface area (Å²) >= 11 is 0. The van der Waals surface area contributed by atoms with Crippen molar-refractivity contribution in [2.24, 2.45) is 0 Å². The smallest absolute Gasteiger partial charge is 0.414 e. The topological polar surface area (TPSA) is 106 Å². The zero-order valence-corrected chi connectivity index (χ0v) is 6.87. The Hall–Kier alpha value is -0.360. The number of rotatable bonds is 0. The van der Waals surface area contributed by atoms with Crippen LogP contribution in [0.25, 0.3) is 0 Å². The molecule has 0 heterocycles. The molecule has 0 saturated heterocycles. The van der Waals surface area contributed by atoms with Crippen molar-refractivity contribution in [3.8, 4) is 0 Å². The van der Waals surface area contributed by atoms with E-state index in [2.05, 4.69) is 0 Å². The number of carboxylic acids is 2. The Morgan fingerprint density at radius 1 is 1.00 bits per heavy atom. The van der Waals surface area contributed by atoms with Crippen molar-refractivity contribution >= 4 is 11.9 Å². The van der Waals surface area contributed by atoms with Gasteiger partial charge in [-0.1, -0.05) is 0 Å². The third kappa shape index (κ3) is 9.16. The standard InChI is InChI=1S/C2H2O4.H2O.Ta/c3-1(4)2(5)6;;/h(H,3,4)(H,5,6);1H2;. The van der Waals surface area contributed by atoms with E-state index in [4.69, 9.17) is 19.8 Å². The molecule has 0 rings (SSSR count). The predicted molar refractivity (Wildman–Crippen MR) is 18.9 cm³/mol. The van der Waals surface area contributed by atoms with Crippen LogP contribution in [0.15, 0.2) is 0 Å². The number of carbonyl (C=O) groups is 2. The molecule has 0 atom stereocenters. The van der Waals surface area contributed by atoms with Gasteiger partial charge in [0.1, 0.15) is 0 Å². The summed E-state index contributed by atoms with van der Waals surface area (Å²) in [6, 6.07) is 0. The Balaban J connectivity index is -0.000000125. The maximum Gasteiger partial charge on any atom is 0.414 e. The van der Waals surface area contributed by atoms with Gasteiger partial charge in [-0.3, -0.25) is 0 Å². The summed E-state index contributed by atoms with van der Waals surface area (Å²) in [5, 5.41) is 14.8. The Labute approximate surface area is 60.1 Å². The van der Waals surface area contributed by atoms with Crippen LogP contribution in [0.4, 0.5) is 0 Å². The van der Waals surface area contributed by atoms with Gasteiger partial charge in [0.15, 0.2) is 0 Å². The van der Waals surface area contributed by atoms with Crippen LogP contribution in [0.2, 0.25) is 0 Å². The molecule has 0 aliphatic heterocycles. The van der Waals surface area contributed by atoms with E-state index < -0.39 is 11.9 Å². The van der Waals surface area contributed by atoms with Crippen LogP contribution < -0.4 is 0 Å². The second-order valence-electron chi connectivity index (χ2n) is 0.610. The summed E-state index contributed by atoms with van der Waals surface area (Å²) < 4.78 is 0. The Bertz CT molecular complexity index is 76.4.